The number of hydrogen-bond acceptors (Lipinski definition) is 5. The van der Waals surface area contributed by atoms with Crippen LogP contribution in [0, 0.1) is 12.7 Å². The first-order valence-electron chi connectivity index (χ1n) is 5.03. The third-order valence-corrected chi connectivity index (χ3v) is 2.45. The van der Waals surface area contributed by atoms with Gasteiger partial charge in [0.2, 0.25) is 11.8 Å². The number of benzene rings is 1. The number of nitrogens with two attached hydrogens (primary N) is 1. The lowest BCUT2D eigenvalue weighted by molar-refractivity contribution is 0.456. The molecule has 0 unspecified atom stereocenters. The lowest BCUT2D eigenvalue weighted by Gasteiger charge is -2.08. The summed E-state index contributed by atoms with van der Waals surface area (Å²) in [5.74, 6) is 5.62. The van der Waals surface area contributed by atoms with Gasteiger partial charge in [0.15, 0.2) is 0 Å². The molecular formula is C11H10ClFN4O. The molecule has 0 saturated heterocycles. The minimum Gasteiger partial charge on any atom is -0.439 e. The summed E-state index contributed by atoms with van der Waals surface area (Å²) in [4.78, 5) is 7.95. The van der Waals surface area contributed by atoms with E-state index in [0.717, 1.165) is 5.56 Å². The summed E-state index contributed by atoms with van der Waals surface area (Å²) in [5.41, 5.74) is 3.03. The number of nitrogens with zero attached hydrogens (tertiary/aromatic N) is 2. The predicted molar refractivity (Wildman–Crippen MR) is 66.1 cm³/mol. The third-order valence-electron chi connectivity index (χ3n) is 2.16. The lowest BCUT2D eigenvalue weighted by Crippen LogP contribution is -2.11. The predicted octanol–water partition coefficient (Wildman–Crippen LogP) is 2.66. The summed E-state index contributed by atoms with van der Waals surface area (Å²) in [6, 6.07) is 4.04. The molecular weight excluding hydrogens is 259 g/mol. The molecule has 2 aromatic rings. The number of aryl methyl sites for hydroxylation is 1. The van der Waals surface area contributed by atoms with Crippen LogP contribution < -0.4 is 16.0 Å². The largest absolute Gasteiger partial charge is 0.439 e. The number of hydrogen-bond donors (Lipinski definition) is 2. The Bertz CT molecular complexity index is 579. The Morgan fingerprint density at radius 3 is 2.89 bits per heavy atom. The standard InChI is InChI=1S/C11H10ClFN4O/c1-6-5-15-11(17-14)16-10(6)18-7-2-3-9(13)8(12)4-7/h2-5H,14H2,1H3,(H,15,16,17). The van der Waals surface area contributed by atoms with Gasteiger partial charge in [-0.25, -0.2) is 15.2 Å². The van der Waals surface area contributed by atoms with Gasteiger partial charge in [-0.3, -0.25) is 5.43 Å². The topological polar surface area (TPSA) is 73.1 Å². The van der Waals surface area contributed by atoms with E-state index < -0.39 is 5.82 Å². The molecule has 2 rings (SSSR count). The second-order valence-corrected chi connectivity index (χ2v) is 3.91. The molecule has 0 aliphatic rings. The highest BCUT2D eigenvalue weighted by Gasteiger charge is 2.07. The van der Waals surface area contributed by atoms with E-state index in [4.69, 9.17) is 22.2 Å². The zero-order valence-electron chi connectivity index (χ0n) is 9.45. The van der Waals surface area contributed by atoms with E-state index in [1.165, 1.54) is 18.2 Å². The molecule has 1 heterocycles. The first kappa shape index (κ1) is 12.5. The van der Waals surface area contributed by atoms with E-state index in [0.29, 0.717) is 11.6 Å². The third kappa shape index (κ3) is 2.66. The summed E-state index contributed by atoms with van der Waals surface area (Å²) < 4.78 is 18.5. The maximum atomic E-state index is 13.0. The lowest BCUT2D eigenvalue weighted by atomic mass is 10.3. The van der Waals surface area contributed by atoms with Crippen LogP contribution in [0.15, 0.2) is 24.4 Å². The molecule has 3 N–H and O–H groups in total. The van der Waals surface area contributed by atoms with E-state index >= 15 is 0 Å². The maximum absolute atomic E-state index is 13.0. The molecule has 0 amide bonds. The van der Waals surface area contributed by atoms with Crippen LogP contribution in [0.25, 0.3) is 0 Å². The average molecular weight is 269 g/mol. The van der Waals surface area contributed by atoms with E-state index in [-0.39, 0.29) is 11.0 Å². The Kier molecular flexibility index (Phi) is 3.59. The van der Waals surface area contributed by atoms with Crippen molar-refractivity contribution >= 4 is 17.5 Å². The van der Waals surface area contributed by atoms with Crippen LogP contribution in [0.1, 0.15) is 5.56 Å². The van der Waals surface area contributed by atoms with Crippen molar-refractivity contribution < 1.29 is 9.13 Å². The Labute approximate surface area is 108 Å². The summed E-state index contributed by atoms with van der Waals surface area (Å²) in [6.07, 6.45) is 1.56. The average Bonchev–Trinajstić information content (AvgIpc) is 2.36. The van der Waals surface area contributed by atoms with Gasteiger partial charge >= 0.3 is 0 Å². The van der Waals surface area contributed by atoms with Crippen molar-refractivity contribution in [1.82, 2.24) is 9.97 Å². The number of ether oxygens (including phenoxy) is 1. The first-order valence-corrected chi connectivity index (χ1v) is 5.41. The molecule has 94 valence electrons. The Hall–Kier alpha value is -1.92. The van der Waals surface area contributed by atoms with E-state index in [9.17, 15) is 4.39 Å². The van der Waals surface area contributed by atoms with E-state index in [2.05, 4.69) is 15.4 Å². The van der Waals surface area contributed by atoms with Gasteiger partial charge < -0.3 is 4.74 Å². The van der Waals surface area contributed by atoms with E-state index in [1.807, 2.05) is 0 Å². The van der Waals surface area contributed by atoms with Gasteiger partial charge in [0.05, 0.1) is 5.02 Å². The number of rotatable bonds is 3. The van der Waals surface area contributed by atoms with Gasteiger partial charge in [-0.2, -0.15) is 4.98 Å². The van der Waals surface area contributed by atoms with Crippen LogP contribution in [0.5, 0.6) is 11.6 Å². The summed E-state index contributed by atoms with van der Waals surface area (Å²) in [5, 5.41) is -0.0172. The molecule has 0 fully saturated rings. The number of nitrogens with one attached hydrogen (secondary N) is 1. The van der Waals surface area contributed by atoms with Crippen LogP contribution in [-0.2, 0) is 0 Å². The fraction of sp³-hybridized carbons (Fsp3) is 0.0909. The number of hydrazine groups is 1. The molecule has 0 aliphatic carbocycles. The monoisotopic (exact) mass is 268 g/mol. The molecule has 0 spiro atoms. The minimum absolute atomic E-state index is 0.0172. The highest BCUT2D eigenvalue weighted by atomic mass is 35.5. The van der Waals surface area contributed by atoms with Gasteiger partial charge in [0.1, 0.15) is 11.6 Å². The summed E-state index contributed by atoms with van der Waals surface area (Å²) >= 11 is 5.66. The molecule has 0 atom stereocenters. The van der Waals surface area contributed by atoms with Crippen molar-refractivity contribution in [3.8, 4) is 11.6 Å². The maximum Gasteiger partial charge on any atom is 0.240 e. The number of anilines is 1. The van der Waals surface area contributed by atoms with Crippen LogP contribution >= 0.6 is 11.6 Å². The number of halogens is 2. The number of aromatic nitrogens is 2. The Balaban J connectivity index is 2.30. The highest BCUT2D eigenvalue weighted by Crippen LogP contribution is 2.26. The van der Waals surface area contributed by atoms with Crippen LogP contribution in [-0.4, -0.2) is 9.97 Å². The molecule has 5 nitrogen and oxygen atoms in total. The van der Waals surface area contributed by atoms with Crippen molar-refractivity contribution in [1.29, 1.82) is 0 Å². The fourth-order valence-electron chi connectivity index (χ4n) is 1.25. The molecule has 0 aliphatic heterocycles. The number of nitrogen functional groups attached to an aromatic ring is 1. The van der Waals surface area contributed by atoms with Gasteiger partial charge in [0, 0.05) is 17.8 Å². The van der Waals surface area contributed by atoms with Crippen LogP contribution in [0.4, 0.5) is 10.3 Å². The molecule has 0 saturated carbocycles. The molecule has 1 aromatic carbocycles. The fourth-order valence-corrected chi connectivity index (χ4v) is 1.42. The zero-order valence-corrected chi connectivity index (χ0v) is 10.2. The van der Waals surface area contributed by atoms with Crippen molar-refractivity contribution in [3.05, 3.63) is 40.8 Å². The van der Waals surface area contributed by atoms with Crippen LogP contribution in [0.3, 0.4) is 0 Å². The molecule has 0 radical (unpaired) electrons. The normalized spacial score (nSPS) is 10.2. The van der Waals surface area contributed by atoms with Crippen LogP contribution in [0.2, 0.25) is 5.02 Å². The van der Waals surface area contributed by atoms with Gasteiger partial charge in [0.25, 0.3) is 0 Å². The Morgan fingerprint density at radius 2 is 2.22 bits per heavy atom. The minimum atomic E-state index is -0.507. The van der Waals surface area contributed by atoms with E-state index in [1.54, 1.807) is 13.1 Å². The van der Waals surface area contributed by atoms with Crippen molar-refractivity contribution in [2.24, 2.45) is 5.84 Å². The second-order valence-electron chi connectivity index (χ2n) is 3.50. The van der Waals surface area contributed by atoms with Gasteiger partial charge in [-0.15, -0.1) is 0 Å². The summed E-state index contributed by atoms with van der Waals surface area (Å²) in [6.45, 7) is 1.78. The molecule has 7 heteroatoms. The SMILES string of the molecule is Cc1cnc(NN)nc1Oc1ccc(F)c(Cl)c1. The first-order chi connectivity index (χ1) is 8.60. The quantitative estimate of drug-likeness (QED) is 0.661. The molecule has 1 aromatic heterocycles. The Morgan fingerprint density at radius 1 is 1.44 bits per heavy atom. The van der Waals surface area contributed by atoms with Gasteiger partial charge in [-0.05, 0) is 19.1 Å². The van der Waals surface area contributed by atoms with Crippen molar-refractivity contribution in [3.63, 3.8) is 0 Å². The zero-order chi connectivity index (χ0) is 13.1. The second kappa shape index (κ2) is 5.16. The smallest absolute Gasteiger partial charge is 0.240 e. The van der Waals surface area contributed by atoms with Gasteiger partial charge in [-0.1, -0.05) is 11.6 Å². The van der Waals surface area contributed by atoms with Crippen molar-refractivity contribution in [2.45, 2.75) is 6.92 Å². The molecule has 0 bridgehead atoms. The molecule has 18 heavy (non-hydrogen) atoms. The highest BCUT2D eigenvalue weighted by molar-refractivity contribution is 6.30. The summed E-state index contributed by atoms with van der Waals surface area (Å²) in [7, 11) is 0. The van der Waals surface area contributed by atoms with Crippen molar-refractivity contribution in [2.75, 3.05) is 5.43 Å².